The molecule has 0 aliphatic carbocycles. The number of rotatable bonds is 7. The number of carboxylic acids is 1. The lowest BCUT2D eigenvalue weighted by Gasteiger charge is -2.33. The Kier molecular flexibility index (Phi) is 5.93. The summed E-state index contributed by atoms with van der Waals surface area (Å²) in [6.45, 7) is 1.47. The smallest absolute Gasteiger partial charge is 0.303 e. The lowest BCUT2D eigenvalue weighted by Crippen LogP contribution is -2.49. The molecule has 1 aliphatic heterocycles. The highest BCUT2D eigenvalue weighted by Gasteiger charge is 2.32. The van der Waals surface area contributed by atoms with E-state index in [1.54, 1.807) is 31.2 Å². The first kappa shape index (κ1) is 19.4. The van der Waals surface area contributed by atoms with Crippen LogP contribution < -0.4 is 15.0 Å². The van der Waals surface area contributed by atoms with Crippen LogP contribution in [0.2, 0.25) is 0 Å². The van der Waals surface area contributed by atoms with Gasteiger partial charge in [-0.25, -0.2) is 0 Å². The first-order valence-corrected chi connectivity index (χ1v) is 9.09. The molecule has 7 heteroatoms. The minimum atomic E-state index is -0.929. The van der Waals surface area contributed by atoms with E-state index in [1.807, 2.05) is 30.3 Å². The van der Waals surface area contributed by atoms with Crippen molar-refractivity contribution in [3.8, 4) is 5.75 Å². The van der Waals surface area contributed by atoms with Crippen LogP contribution in [0.1, 0.15) is 31.4 Å². The van der Waals surface area contributed by atoms with Gasteiger partial charge >= 0.3 is 5.97 Å². The second-order valence-electron chi connectivity index (χ2n) is 6.62. The zero-order valence-corrected chi connectivity index (χ0v) is 15.5. The van der Waals surface area contributed by atoms with Gasteiger partial charge < -0.3 is 15.2 Å². The zero-order valence-electron chi connectivity index (χ0n) is 15.5. The van der Waals surface area contributed by atoms with Gasteiger partial charge in [-0.2, -0.15) is 0 Å². The van der Waals surface area contributed by atoms with Crippen molar-refractivity contribution in [2.45, 2.75) is 31.9 Å². The number of fused-ring (bicyclic) bond motifs is 1. The summed E-state index contributed by atoms with van der Waals surface area (Å²) >= 11 is 0. The van der Waals surface area contributed by atoms with Crippen molar-refractivity contribution in [1.82, 2.24) is 5.32 Å². The van der Waals surface area contributed by atoms with Crippen molar-refractivity contribution >= 4 is 23.5 Å². The summed E-state index contributed by atoms with van der Waals surface area (Å²) in [6.07, 6.45) is -0.495. The Labute approximate surface area is 162 Å². The molecule has 2 aromatic rings. The number of hydrogen-bond acceptors (Lipinski definition) is 4. The first-order chi connectivity index (χ1) is 13.5. The van der Waals surface area contributed by atoms with Gasteiger partial charge in [0.1, 0.15) is 12.3 Å². The average Bonchev–Trinajstić information content (AvgIpc) is 2.69. The molecule has 1 aliphatic rings. The predicted molar refractivity (Wildman–Crippen MR) is 103 cm³/mol. The molecular formula is C21H22N2O5. The highest BCUT2D eigenvalue weighted by molar-refractivity contribution is 6.03. The molecule has 2 N–H and O–H groups in total. The topological polar surface area (TPSA) is 95.9 Å². The number of benzene rings is 2. The maximum absolute atomic E-state index is 12.7. The third-order valence-corrected chi connectivity index (χ3v) is 4.56. The Bertz CT molecular complexity index is 868. The number of anilines is 1. The number of ether oxygens (including phenoxy) is 1. The third kappa shape index (κ3) is 4.49. The third-order valence-electron chi connectivity index (χ3n) is 4.56. The van der Waals surface area contributed by atoms with Crippen molar-refractivity contribution < 1.29 is 24.2 Å². The largest absolute Gasteiger partial charge is 0.481 e. The Morgan fingerprint density at radius 3 is 2.54 bits per heavy atom. The number of nitrogens with zero attached hydrogens (tertiary/aromatic N) is 1. The van der Waals surface area contributed by atoms with Gasteiger partial charge in [0.15, 0.2) is 6.10 Å². The maximum Gasteiger partial charge on any atom is 0.303 e. The highest BCUT2D eigenvalue weighted by Crippen LogP contribution is 2.33. The molecular weight excluding hydrogens is 360 g/mol. The van der Waals surface area contributed by atoms with Crippen LogP contribution in [-0.2, 0) is 14.4 Å². The monoisotopic (exact) mass is 382 g/mol. The molecule has 0 saturated carbocycles. The summed E-state index contributed by atoms with van der Waals surface area (Å²) in [7, 11) is 0. The van der Waals surface area contributed by atoms with Gasteiger partial charge in [-0.1, -0.05) is 42.5 Å². The lowest BCUT2D eigenvalue weighted by molar-refractivity contribution is -0.137. The molecule has 2 aromatic carbocycles. The SMILES string of the molecule is C[C@H]1Oc2ccccc2N(CC(=O)N[C@@H](CCC(=O)O)c2ccccc2)C1=O. The van der Waals surface area contributed by atoms with Crippen LogP contribution in [0.3, 0.4) is 0 Å². The molecule has 0 saturated heterocycles. The lowest BCUT2D eigenvalue weighted by atomic mass is 10.0. The van der Waals surface area contributed by atoms with E-state index < -0.39 is 18.1 Å². The summed E-state index contributed by atoms with van der Waals surface area (Å²) in [5, 5.41) is 11.9. The maximum atomic E-state index is 12.7. The number of amides is 2. The summed E-state index contributed by atoms with van der Waals surface area (Å²) < 4.78 is 5.58. The molecule has 0 unspecified atom stereocenters. The van der Waals surface area contributed by atoms with E-state index in [0.717, 1.165) is 5.56 Å². The average molecular weight is 382 g/mol. The molecule has 3 rings (SSSR count). The predicted octanol–water partition coefficient (Wildman–Crippen LogP) is 2.52. The van der Waals surface area contributed by atoms with E-state index in [9.17, 15) is 14.4 Å². The fraction of sp³-hybridized carbons (Fsp3) is 0.286. The molecule has 2 atom stereocenters. The number of carboxylic acid groups (broad SMARTS) is 1. The van der Waals surface area contributed by atoms with Crippen LogP contribution in [0.5, 0.6) is 5.75 Å². The number of hydrogen-bond donors (Lipinski definition) is 2. The van der Waals surface area contributed by atoms with Gasteiger partial charge in [-0.15, -0.1) is 0 Å². The molecule has 28 heavy (non-hydrogen) atoms. The van der Waals surface area contributed by atoms with Crippen LogP contribution in [0, 0.1) is 0 Å². The number of carbonyl (C=O) groups excluding carboxylic acids is 2. The van der Waals surface area contributed by atoms with Crippen molar-refractivity contribution in [2.24, 2.45) is 0 Å². The fourth-order valence-corrected chi connectivity index (χ4v) is 3.18. The van der Waals surface area contributed by atoms with E-state index in [4.69, 9.17) is 9.84 Å². The fourth-order valence-electron chi connectivity index (χ4n) is 3.18. The van der Waals surface area contributed by atoms with E-state index in [0.29, 0.717) is 11.4 Å². The van der Waals surface area contributed by atoms with Crippen LogP contribution in [-0.4, -0.2) is 35.5 Å². The van der Waals surface area contributed by atoms with Crippen molar-refractivity contribution in [2.75, 3.05) is 11.4 Å². The van der Waals surface area contributed by atoms with Gasteiger partial charge in [0, 0.05) is 6.42 Å². The van der Waals surface area contributed by atoms with E-state index in [1.165, 1.54) is 4.90 Å². The van der Waals surface area contributed by atoms with Crippen molar-refractivity contribution in [1.29, 1.82) is 0 Å². The Morgan fingerprint density at radius 1 is 1.14 bits per heavy atom. The van der Waals surface area contributed by atoms with Gasteiger partial charge in [0.2, 0.25) is 5.91 Å². The van der Waals surface area contributed by atoms with Crippen LogP contribution in [0.25, 0.3) is 0 Å². The number of aliphatic carboxylic acids is 1. The van der Waals surface area contributed by atoms with Crippen LogP contribution in [0.4, 0.5) is 5.69 Å². The van der Waals surface area contributed by atoms with E-state index in [2.05, 4.69) is 5.32 Å². The van der Waals surface area contributed by atoms with Gasteiger partial charge in [0.05, 0.1) is 11.7 Å². The summed E-state index contributed by atoms with van der Waals surface area (Å²) in [5.74, 6) is -1.04. The van der Waals surface area contributed by atoms with Gasteiger partial charge in [-0.3, -0.25) is 19.3 Å². The Hall–Kier alpha value is -3.35. The molecule has 0 bridgehead atoms. The Balaban J connectivity index is 1.75. The second kappa shape index (κ2) is 8.56. The first-order valence-electron chi connectivity index (χ1n) is 9.09. The van der Waals surface area contributed by atoms with Crippen molar-refractivity contribution in [3.05, 3.63) is 60.2 Å². The van der Waals surface area contributed by atoms with Gasteiger partial charge in [0.25, 0.3) is 5.91 Å². The molecule has 0 fully saturated rings. The van der Waals surface area contributed by atoms with Crippen LogP contribution >= 0.6 is 0 Å². The zero-order chi connectivity index (χ0) is 20.1. The minimum absolute atomic E-state index is 0.0732. The molecule has 146 valence electrons. The summed E-state index contributed by atoms with van der Waals surface area (Å²) in [6, 6.07) is 15.8. The normalized spacial score (nSPS) is 16.7. The summed E-state index contributed by atoms with van der Waals surface area (Å²) in [5.41, 5.74) is 1.36. The quantitative estimate of drug-likeness (QED) is 0.767. The minimum Gasteiger partial charge on any atom is -0.481 e. The molecule has 1 heterocycles. The summed E-state index contributed by atoms with van der Waals surface area (Å²) in [4.78, 5) is 37.6. The number of nitrogens with one attached hydrogen (secondary N) is 1. The number of para-hydroxylation sites is 2. The molecule has 2 amide bonds. The Morgan fingerprint density at radius 2 is 1.82 bits per heavy atom. The van der Waals surface area contributed by atoms with E-state index in [-0.39, 0.29) is 31.2 Å². The molecule has 7 nitrogen and oxygen atoms in total. The standard InChI is InChI=1S/C21H22N2O5/c1-14-21(27)23(17-9-5-6-10-18(17)28-14)13-19(24)22-16(11-12-20(25)26)15-7-3-2-4-8-15/h2-10,14,16H,11-13H2,1H3,(H,22,24)(H,25,26)/t14-,16+/m1/s1. The molecule has 0 aromatic heterocycles. The molecule has 0 radical (unpaired) electrons. The van der Waals surface area contributed by atoms with Crippen LogP contribution in [0.15, 0.2) is 54.6 Å². The second-order valence-corrected chi connectivity index (χ2v) is 6.62. The highest BCUT2D eigenvalue weighted by atomic mass is 16.5. The van der Waals surface area contributed by atoms with Gasteiger partial charge in [-0.05, 0) is 31.0 Å². The van der Waals surface area contributed by atoms with Crippen molar-refractivity contribution in [3.63, 3.8) is 0 Å². The molecule has 0 spiro atoms. The van der Waals surface area contributed by atoms with E-state index >= 15 is 0 Å². The number of carbonyl (C=O) groups is 3.